The third-order valence-corrected chi connectivity index (χ3v) is 2.81. The maximum absolute atomic E-state index is 9.70. The fourth-order valence-electron chi connectivity index (χ4n) is 1.46. The molecule has 0 aliphatic heterocycles. The lowest BCUT2D eigenvalue weighted by Gasteiger charge is -2.15. The van der Waals surface area contributed by atoms with E-state index in [1.165, 1.54) is 0 Å². The van der Waals surface area contributed by atoms with Crippen LogP contribution >= 0.6 is 11.6 Å². The Morgan fingerprint density at radius 2 is 2.31 bits per heavy atom. The van der Waals surface area contributed by atoms with Gasteiger partial charge in [0, 0.05) is 24.6 Å². The number of para-hydroxylation sites is 1. The topological polar surface area (TPSA) is 32.3 Å². The Hall–Kier alpha value is -1.17. The summed E-state index contributed by atoms with van der Waals surface area (Å²) in [4.78, 5) is 0. The highest BCUT2D eigenvalue weighted by molar-refractivity contribution is 6.32. The Morgan fingerprint density at radius 3 is 2.94 bits per heavy atom. The first-order valence-electron chi connectivity index (χ1n) is 5.32. The number of hydrogen-bond acceptors (Lipinski definition) is 2. The highest BCUT2D eigenvalue weighted by Gasteiger charge is 2.07. The minimum Gasteiger partial charge on any atom is -0.506 e. The second-order valence-electron chi connectivity index (χ2n) is 3.64. The molecule has 2 N–H and O–H groups in total. The van der Waals surface area contributed by atoms with Crippen molar-refractivity contribution in [3.8, 4) is 18.1 Å². The molecular weight excluding hydrogens is 222 g/mol. The highest BCUT2D eigenvalue weighted by atomic mass is 35.5. The number of aromatic hydroxyl groups is 1. The lowest BCUT2D eigenvalue weighted by Crippen LogP contribution is -2.27. The van der Waals surface area contributed by atoms with Crippen molar-refractivity contribution in [2.75, 3.05) is 0 Å². The van der Waals surface area contributed by atoms with Gasteiger partial charge in [-0.05, 0) is 12.5 Å². The smallest absolute Gasteiger partial charge is 0.138 e. The van der Waals surface area contributed by atoms with Crippen molar-refractivity contribution >= 4 is 11.6 Å². The van der Waals surface area contributed by atoms with Crippen molar-refractivity contribution in [3.05, 3.63) is 28.8 Å². The first-order valence-corrected chi connectivity index (χ1v) is 5.70. The van der Waals surface area contributed by atoms with Crippen LogP contribution in [0.1, 0.15) is 25.3 Å². The zero-order chi connectivity index (χ0) is 12.0. The van der Waals surface area contributed by atoms with E-state index in [0.29, 0.717) is 18.0 Å². The molecule has 0 saturated carbocycles. The molecule has 0 heterocycles. The maximum Gasteiger partial charge on any atom is 0.138 e. The summed E-state index contributed by atoms with van der Waals surface area (Å²) in [5.74, 6) is 2.78. The van der Waals surface area contributed by atoms with E-state index in [1.807, 2.05) is 12.1 Å². The molecule has 0 saturated heterocycles. The predicted octanol–water partition coefficient (Wildman–Crippen LogP) is 2.94. The Bertz CT molecular complexity index is 384. The van der Waals surface area contributed by atoms with Gasteiger partial charge < -0.3 is 10.4 Å². The molecule has 0 radical (unpaired) electrons. The Balaban J connectivity index is 2.60. The number of halogens is 1. The monoisotopic (exact) mass is 237 g/mol. The van der Waals surface area contributed by atoms with E-state index in [0.717, 1.165) is 12.0 Å². The second kappa shape index (κ2) is 6.42. The molecule has 1 rings (SSSR count). The first-order chi connectivity index (χ1) is 7.69. The lowest BCUT2D eigenvalue weighted by atomic mass is 10.1. The van der Waals surface area contributed by atoms with Gasteiger partial charge in [-0.2, -0.15) is 0 Å². The lowest BCUT2D eigenvalue weighted by molar-refractivity contribution is 0.453. The van der Waals surface area contributed by atoms with Crippen LogP contribution in [-0.2, 0) is 6.54 Å². The van der Waals surface area contributed by atoms with E-state index in [9.17, 15) is 5.11 Å². The van der Waals surface area contributed by atoms with Crippen LogP contribution in [0.4, 0.5) is 0 Å². The summed E-state index contributed by atoms with van der Waals surface area (Å²) in [5, 5.41) is 13.4. The van der Waals surface area contributed by atoms with Crippen LogP contribution in [0.3, 0.4) is 0 Å². The Kier molecular flexibility index (Phi) is 5.18. The van der Waals surface area contributed by atoms with E-state index < -0.39 is 0 Å². The van der Waals surface area contributed by atoms with Gasteiger partial charge in [-0.1, -0.05) is 30.7 Å². The van der Waals surface area contributed by atoms with Crippen molar-refractivity contribution < 1.29 is 5.11 Å². The quantitative estimate of drug-likeness (QED) is 0.772. The van der Waals surface area contributed by atoms with Gasteiger partial charge in [0.05, 0.1) is 5.02 Å². The molecule has 1 atom stereocenters. The summed E-state index contributed by atoms with van der Waals surface area (Å²) in [5.41, 5.74) is 0.794. The maximum atomic E-state index is 9.70. The number of rotatable bonds is 5. The van der Waals surface area contributed by atoms with Gasteiger partial charge in [0.2, 0.25) is 0 Å². The normalized spacial score (nSPS) is 12.1. The van der Waals surface area contributed by atoms with Crippen molar-refractivity contribution in [1.82, 2.24) is 5.32 Å². The fourth-order valence-corrected chi connectivity index (χ4v) is 1.65. The molecule has 0 bridgehead atoms. The molecule has 0 spiro atoms. The van der Waals surface area contributed by atoms with Crippen LogP contribution in [0.5, 0.6) is 5.75 Å². The molecule has 16 heavy (non-hydrogen) atoms. The Morgan fingerprint density at radius 1 is 1.56 bits per heavy atom. The second-order valence-corrected chi connectivity index (χ2v) is 4.05. The molecular formula is C13H16ClNO. The average Bonchev–Trinajstić information content (AvgIpc) is 2.29. The molecule has 3 heteroatoms. The third kappa shape index (κ3) is 3.44. The molecule has 0 aliphatic carbocycles. The SMILES string of the molecule is C#CCC(CC)NCc1cccc(Cl)c1O. The van der Waals surface area contributed by atoms with Gasteiger partial charge >= 0.3 is 0 Å². The summed E-state index contributed by atoms with van der Waals surface area (Å²) in [7, 11) is 0. The third-order valence-electron chi connectivity index (χ3n) is 2.51. The van der Waals surface area contributed by atoms with Gasteiger partial charge in [-0.15, -0.1) is 12.3 Å². The highest BCUT2D eigenvalue weighted by Crippen LogP contribution is 2.26. The predicted molar refractivity (Wildman–Crippen MR) is 67.5 cm³/mol. The van der Waals surface area contributed by atoms with Crippen molar-refractivity contribution in [2.45, 2.75) is 32.4 Å². The molecule has 86 valence electrons. The minimum absolute atomic E-state index is 0.146. The standard InChI is InChI=1S/C13H16ClNO/c1-3-6-11(4-2)15-9-10-7-5-8-12(14)13(10)16/h1,5,7-8,11,15-16H,4,6,9H2,2H3. The molecule has 1 aromatic carbocycles. The molecule has 1 unspecified atom stereocenters. The Labute approximate surface area is 102 Å². The summed E-state index contributed by atoms with van der Waals surface area (Å²) < 4.78 is 0. The van der Waals surface area contributed by atoms with Crippen LogP contribution in [0, 0.1) is 12.3 Å². The van der Waals surface area contributed by atoms with Crippen molar-refractivity contribution in [1.29, 1.82) is 0 Å². The summed E-state index contributed by atoms with van der Waals surface area (Å²) in [6, 6.07) is 5.61. The van der Waals surface area contributed by atoms with E-state index in [2.05, 4.69) is 18.2 Å². The van der Waals surface area contributed by atoms with Crippen LogP contribution in [0.15, 0.2) is 18.2 Å². The molecule has 0 aromatic heterocycles. The summed E-state index contributed by atoms with van der Waals surface area (Å²) in [6.07, 6.45) is 6.92. The number of terminal acetylenes is 1. The van der Waals surface area contributed by atoms with Crippen LogP contribution < -0.4 is 5.32 Å². The van der Waals surface area contributed by atoms with Gasteiger partial charge in [0.1, 0.15) is 5.75 Å². The molecule has 0 amide bonds. The van der Waals surface area contributed by atoms with Gasteiger partial charge in [0.15, 0.2) is 0 Å². The summed E-state index contributed by atoms with van der Waals surface area (Å²) in [6.45, 7) is 2.65. The van der Waals surface area contributed by atoms with E-state index >= 15 is 0 Å². The van der Waals surface area contributed by atoms with Crippen LogP contribution in [0.25, 0.3) is 0 Å². The molecule has 0 fully saturated rings. The van der Waals surface area contributed by atoms with Crippen LogP contribution in [-0.4, -0.2) is 11.1 Å². The van der Waals surface area contributed by atoms with E-state index in [1.54, 1.807) is 6.07 Å². The van der Waals surface area contributed by atoms with Crippen molar-refractivity contribution in [3.63, 3.8) is 0 Å². The number of hydrogen-bond donors (Lipinski definition) is 2. The van der Waals surface area contributed by atoms with Gasteiger partial charge in [0.25, 0.3) is 0 Å². The van der Waals surface area contributed by atoms with E-state index in [4.69, 9.17) is 18.0 Å². The molecule has 2 nitrogen and oxygen atoms in total. The van der Waals surface area contributed by atoms with Gasteiger partial charge in [-0.3, -0.25) is 0 Å². The first kappa shape index (κ1) is 12.9. The zero-order valence-corrected chi connectivity index (χ0v) is 10.1. The number of benzene rings is 1. The summed E-state index contributed by atoms with van der Waals surface area (Å²) >= 11 is 5.81. The zero-order valence-electron chi connectivity index (χ0n) is 9.33. The average molecular weight is 238 g/mol. The molecule has 0 aliphatic rings. The van der Waals surface area contributed by atoms with Crippen LogP contribution in [0.2, 0.25) is 5.02 Å². The van der Waals surface area contributed by atoms with Gasteiger partial charge in [-0.25, -0.2) is 0 Å². The number of phenols is 1. The minimum atomic E-state index is 0.146. The largest absolute Gasteiger partial charge is 0.506 e. The number of nitrogens with one attached hydrogen (secondary N) is 1. The van der Waals surface area contributed by atoms with E-state index in [-0.39, 0.29) is 11.8 Å². The molecule has 1 aromatic rings. The van der Waals surface area contributed by atoms with Crippen molar-refractivity contribution in [2.24, 2.45) is 0 Å². The fraction of sp³-hybridized carbons (Fsp3) is 0.385. The number of phenolic OH excluding ortho intramolecular Hbond substituents is 1.